The number of rotatable bonds is 5. The number of allylic oxidation sites excluding steroid dienone is 4. The third kappa shape index (κ3) is 3.87. The summed E-state index contributed by atoms with van der Waals surface area (Å²) >= 11 is 0. The molecule has 2 bridgehead atoms. The van der Waals surface area contributed by atoms with E-state index in [1.54, 1.807) is 11.9 Å². The first-order chi connectivity index (χ1) is 19.4. The second-order valence-electron chi connectivity index (χ2n) is 10.9. The Bertz CT molecular complexity index is 1520. The van der Waals surface area contributed by atoms with Gasteiger partial charge in [0.1, 0.15) is 6.04 Å². The van der Waals surface area contributed by atoms with Crippen LogP contribution in [0, 0.1) is 11.3 Å². The van der Waals surface area contributed by atoms with Gasteiger partial charge in [-0.2, -0.15) is 5.26 Å². The van der Waals surface area contributed by atoms with Crippen LogP contribution in [0.15, 0.2) is 45.0 Å². The van der Waals surface area contributed by atoms with E-state index in [0.717, 1.165) is 6.92 Å². The van der Waals surface area contributed by atoms with E-state index in [-0.39, 0.29) is 64.6 Å². The Balaban J connectivity index is 1.71. The number of carbonyl (C=O) groups is 6. The van der Waals surface area contributed by atoms with Crippen LogP contribution in [0.25, 0.3) is 0 Å². The number of methoxy groups -OCH3 is 2. The summed E-state index contributed by atoms with van der Waals surface area (Å²) in [7, 11) is 4.38. The van der Waals surface area contributed by atoms with Crippen molar-refractivity contribution < 1.29 is 38.2 Å². The van der Waals surface area contributed by atoms with Crippen molar-refractivity contribution in [1.82, 2.24) is 15.1 Å². The van der Waals surface area contributed by atoms with E-state index in [4.69, 9.17) is 9.47 Å². The number of nitrogens with zero attached hydrogens (tertiary/aromatic N) is 3. The average Bonchev–Trinajstić information content (AvgIpc) is 2.93. The number of nitriles is 1. The predicted molar refractivity (Wildman–Crippen MR) is 141 cm³/mol. The summed E-state index contributed by atoms with van der Waals surface area (Å²) in [6.45, 7) is 3.89. The van der Waals surface area contributed by atoms with Gasteiger partial charge in [0, 0.05) is 59.0 Å². The molecule has 12 heteroatoms. The van der Waals surface area contributed by atoms with Gasteiger partial charge in [0.2, 0.25) is 17.3 Å². The molecule has 214 valence electrons. The van der Waals surface area contributed by atoms with Gasteiger partial charge in [-0.05, 0) is 33.7 Å². The molecule has 0 aromatic carbocycles. The second-order valence-corrected chi connectivity index (χ2v) is 10.9. The van der Waals surface area contributed by atoms with Gasteiger partial charge in [0.25, 0.3) is 5.91 Å². The van der Waals surface area contributed by atoms with Crippen molar-refractivity contribution in [3.05, 3.63) is 45.0 Å². The van der Waals surface area contributed by atoms with Crippen LogP contribution < -0.4 is 5.32 Å². The summed E-state index contributed by atoms with van der Waals surface area (Å²) in [5.41, 5.74) is 1.19. The lowest BCUT2D eigenvalue weighted by atomic mass is 9.67. The van der Waals surface area contributed by atoms with Gasteiger partial charge < -0.3 is 14.8 Å². The maximum absolute atomic E-state index is 13.8. The molecule has 0 saturated carbocycles. The first-order valence-corrected chi connectivity index (χ1v) is 13.2. The number of hydrogen-bond acceptors (Lipinski definition) is 11. The van der Waals surface area contributed by atoms with Crippen molar-refractivity contribution in [2.45, 2.75) is 63.8 Å². The second kappa shape index (κ2) is 10.0. The molecular weight excluding hydrogens is 532 g/mol. The minimum absolute atomic E-state index is 0.00850. The molecule has 41 heavy (non-hydrogen) atoms. The van der Waals surface area contributed by atoms with Gasteiger partial charge in [-0.1, -0.05) is 0 Å². The van der Waals surface area contributed by atoms with Gasteiger partial charge >= 0.3 is 0 Å². The first kappa shape index (κ1) is 28.3. The summed E-state index contributed by atoms with van der Waals surface area (Å²) in [5.74, 6) is -3.51. The lowest BCUT2D eigenvalue weighted by Crippen LogP contribution is -2.74. The predicted octanol–water partition coefficient (Wildman–Crippen LogP) is -0.149. The minimum atomic E-state index is -0.985. The summed E-state index contributed by atoms with van der Waals surface area (Å²) < 4.78 is 10.6. The van der Waals surface area contributed by atoms with E-state index in [1.165, 1.54) is 28.1 Å². The molecule has 12 nitrogen and oxygen atoms in total. The van der Waals surface area contributed by atoms with Crippen LogP contribution in [0.4, 0.5) is 0 Å². The number of fused-ring (bicyclic) bond motifs is 5. The van der Waals surface area contributed by atoms with Crippen LogP contribution >= 0.6 is 0 Å². The van der Waals surface area contributed by atoms with Gasteiger partial charge in [-0.25, -0.2) is 0 Å². The molecule has 3 aliphatic heterocycles. The number of ketones is 5. The molecule has 5 rings (SSSR count). The van der Waals surface area contributed by atoms with Crippen LogP contribution in [0.3, 0.4) is 0 Å². The normalized spacial score (nSPS) is 30.1. The molecule has 5 atom stereocenters. The third-order valence-electron chi connectivity index (χ3n) is 8.99. The highest BCUT2D eigenvalue weighted by Gasteiger charge is 2.59. The van der Waals surface area contributed by atoms with E-state index in [2.05, 4.69) is 11.4 Å². The Hall–Kier alpha value is -4.21. The fourth-order valence-corrected chi connectivity index (χ4v) is 7.13. The largest absolute Gasteiger partial charge is 0.492 e. The number of nitrogens with one attached hydrogen (secondary N) is 1. The van der Waals surface area contributed by atoms with Gasteiger partial charge in [-0.15, -0.1) is 0 Å². The van der Waals surface area contributed by atoms with Crippen LogP contribution in [0.1, 0.15) is 33.6 Å². The van der Waals surface area contributed by atoms with Crippen LogP contribution in [0.2, 0.25) is 0 Å². The molecule has 2 aliphatic carbocycles. The summed E-state index contributed by atoms with van der Waals surface area (Å²) in [6.07, 6.45) is 0.116. The number of carbonyl (C=O) groups excluding carboxylic acids is 6. The average molecular weight is 563 g/mol. The lowest BCUT2D eigenvalue weighted by molar-refractivity contribution is -0.137. The molecule has 0 aromatic heterocycles. The molecule has 1 N–H and O–H groups in total. The molecular formula is C29H30N4O8. The summed E-state index contributed by atoms with van der Waals surface area (Å²) in [5, 5.41) is 13.0. The van der Waals surface area contributed by atoms with Crippen molar-refractivity contribution in [3.63, 3.8) is 0 Å². The van der Waals surface area contributed by atoms with E-state index in [1.807, 2.05) is 4.90 Å². The highest BCUT2D eigenvalue weighted by atomic mass is 16.5. The summed E-state index contributed by atoms with van der Waals surface area (Å²) in [4.78, 5) is 82.3. The number of ether oxygens (including phenoxy) is 2. The van der Waals surface area contributed by atoms with Crippen molar-refractivity contribution in [3.8, 4) is 6.07 Å². The zero-order valence-corrected chi connectivity index (χ0v) is 23.6. The minimum Gasteiger partial charge on any atom is -0.492 e. The first-order valence-electron chi connectivity index (χ1n) is 13.2. The van der Waals surface area contributed by atoms with Crippen molar-refractivity contribution in [1.29, 1.82) is 5.26 Å². The molecule has 1 fully saturated rings. The van der Waals surface area contributed by atoms with E-state index < -0.39 is 59.2 Å². The number of piperazine rings is 1. The van der Waals surface area contributed by atoms with Crippen LogP contribution in [0.5, 0.6) is 0 Å². The Morgan fingerprint density at radius 1 is 0.902 bits per heavy atom. The maximum atomic E-state index is 13.8. The molecule has 3 heterocycles. The Morgan fingerprint density at radius 2 is 1.41 bits per heavy atom. The highest BCUT2D eigenvalue weighted by molar-refractivity contribution is 6.35. The number of Topliss-reactive ketones (excluding diaryl/α,β-unsaturated/α-hetero) is 5. The van der Waals surface area contributed by atoms with Crippen molar-refractivity contribution in [2.75, 3.05) is 27.8 Å². The smallest absolute Gasteiger partial charge is 0.287 e. The van der Waals surface area contributed by atoms with Gasteiger partial charge in [0.05, 0.1) is 32.4 Å². The number of hydrogen-bond donors (Lipinski definition) is 1. The molecule has 0 spiro atoms. The fraction of sp³-hybridized carbons (Fsp3) is 0.483. The Labute approximate surface area is 236 Å². The number of amides is 1. The Morgan fingerprint density at radius 3 is 1.93 bits per heavy atom. The van der Waals surface area contributed by atoms with Crippen LogP contribution in [-0.2, 0) is 38.2 Å². The monoisotopic (exact) mass is 562 g/mol. The van der Waals surface area contributed by atoms with Crippen molar-refractivity contribution in [2.24, 2.45) is 0 Å². The van der Waals surface area contributed by atoms with Crippen LogP contribution in [-0.4, -0.2) is 103 Å². The van der Waals surface area contributed by atoms with Gasteiger partial charge in [0.15, 0.2) is 23.1 Å². The lowest BCUT2D eigenvalue weighted by Gasteiger charge is -2.60. The molecule has 0 aromatic rings. The zero-order valence-electron chi connectivity index (χ0n) is 23.6. The third-order valence-corrected chi connectivity index (χ3v) is 8.99. The molecule has 2 unspecified atom stereocenters. The standard InChI is InChI=1S/C29H30N4O8/c1-11-23(35)14-8-17-22-21-15(24(36)12(2)28(41-6)26(21)38)7-16(32(22)4)18(9-30)33(17)19(10-31-29(39)13(3)34)20(14)25(37)27(11)40-5/h16-19,22H,7-8,10H2,1-6H3,(H,31,39)/t16?,17-,18-,19-,22?/m0/s1. The van der Waals surface area contributed by atoms with Crippen molar-refractivity contribution >= 4 is 34.8 Å². The summed E-state index contributed by atoms with van der Waals surface area (Å²) in [6, 6.07) is -1.52. The van der Waals surface area contributed by atoms with Gasteiger partial charge in [-0.3, -0.25) is 38.6 Å². The fourth-order valence-electron chi connectivity index (χ4n) is 7.13. The topological polar surface area (TPSA) is 163 Å². The molecule has 5 aliphatic rings. The highest BCUT2D eigenvalue weighted by Crippen LogP contribution is 2.48. The quantitative estimate of drug-likeness (QED) is 0.350. The molecule has 1 amide bonds. The Kier molecular flexibility index (Phi) is 6.91. The van der Waals surface area contributed by atoms with E-state index in [9.17, 15) is 34.0 Å². The molecule has 0 radical (unpaired) electrons. The zero-order chi connectivity index (χ0) is 30.1. The van der Waals surface area contributed by atoms with E-state index in [0.29, 0.717) is 5.57 Å². The van der Waals surface area contributed by atoms with E-state index >= 15 is 0 Å². The SMILES string of the molecule is COC1=C(C)C(=O)C2=C(C1=O)C1[C@@H]3CC4=C(C(=O)C(OC)=C(C)C4=O)[C@H](CNC(=O)C(C)=O)N3[C@@H](C#N)C(C2)N1C. The maximum Gasteiger partial charge on any atom is 0.287 e. The molecule has 1 saturated heterocycles. The number of likely N-dealkylation sites (N-methyl/N-ethyl adjacent to an activating group) is 1.